The highest BCUT2D eigenvalue weighted by atomic mass is 35.5. The van der Waals surface area contributed by atoms with Crippen LogP contribution < -0.4 is 4.31 Å². The highest BCUT2D eigenvalue weighted by Crippen LogP contribution is 2.51. The summed E-state index contributed by atoms with van der Waals surface area (Å²) in [6.07, 6.45) is 3.77. The molecule has 11 heteroatoms. The van der Waals surface area contributed by atoms with Crippen molar-refractivity contribution in [2.75, 3.05) is 10.6 Å². The number of sulfonamides is 1. The van der Waals surface area contributed by atoms with Crippen molar-refractivity contribution in [3.63, 3.8) is 0 Å². The molecule has 1 aromatic heterocycles. The van der Waals surface area contributed by atoms with E-state index in [9.17, 15) is 21.9 Å². The van der Waals surface area contributed by atoms with Gasteiger partial charge in [-0.25, -0.2) is 16.8 Å². The van der Waals surface area contributed by atoms with Crippen LogP contribution in [0.2, 0.25) is 10.0 Å². The third kappa shape index (κ3) is 3.33. The number of aliphatic hydroxyl groups excluding tert-OH is 1. The smallest absolute Gasteiger partial charge is 0.232 e. The number of rotatable bonds is 4. The summed E-state index contributed by atoms with van der Waals surface area (Å²) in [4.78, 5) is 3.77. The number of hydrogen-bond donors (Lipinski definition) is 1. The molecule has 1 aromatic carbocycles. The van der Waals surface area contributed by atoms with Crippen LogP contribution in [0.25, 0.3) is 10.7 Å². The zero-order valence-electron chi connectivity index (χ0n) is 16.9. The van der Waals surface area contributed by atoms with Gasteiger partial charge in [0.2, 0.25) is 10.0 Å². The average molecular weight is 503 g/mol. The summed E-state index contributed by atoms with van der Waals surface area (Å²) in [5.74, 6) is -0.539. The van der Waals surface area contributed by atoms with Gasteiger partial charge in [-0.3, -0.25) is 9.29 Å². The molecule has 4 rings (SSSR count). The van der Waals surface area contributed by atoms with Gasteiger partial charge in [0.1, 0.15) is 10.6 Å². The molecule has 1 aliphatic carbocycles. The van der Waals surface area contributed by atoms with Crippen molar-refractivity contribution < 1.29 is 21.9 Å². The number of fused-ring (bicyclic) bond motifs is 1. The molecular weight excluding hydrogens is 483 g/mol. The van der Waals surface area contributed by atoms with Crippen LogP contribution >= 0.6 is 23.2 Å². The summed E-state index contributed by atoms with van der Waals surface area (Å²) >= 11 is 12.9. The zero-order valence-corrected chi connectivity index (χ0v) is 20.1. The second kappa shape index (κ2) is 7.10. The first kappa shape index (κ1) is 22.4. The summed E-state index contributed by atoms with van der Waals surface area (Å²) in [5.41, 5.74) is 0.465. The molecule has 31 heavy (non-hydrogen) atoms. The lowest BCUT2D eigenvalue weighted by atomic mass is 9.98. The van der Waals surface area contributed by atoms with Crippen LogP contribution in [0.15, 0.2) is 30.5 Å². The molecule has 0 amide bonds. The van der Waals surface area contributed by atoms with Crippen molar-refractivity contribution in [2.45, 2.75) is 37.5 Å². The van der Waals surface area contributed by atoms with Crippen LogP contribution in [0, 0.1) is 0 Å². The molecule has 0 bridgehead atoms. The van der Waals surface area contributed by atoms with Gasteiger partial charge in [0.15, 0.2) is 15.6 Å². The van der Waals surface area contributed by atoms with E-state index in [-0.39, 0.29) is 33.0 Å². The summed E-state index contributed by atoms with van der Waals surface area (Å²) in [6.45, 7) is 3.04. The largest absolute Gasteiger partial charge is 0.504 e. The van der Waals surface area contributed by atoms with E-state index in [1.807, 2.05) is 0 Å². The first-order valence-corrected chi connectivity index (χ1v) is 13.5. The minimum absolute atomic E-state index is 0.00552. The van der Waals surface area contributed by atoms with Crippen molar-refractivity contribution in [3.05, 3.63) is 57.3 Å². The summed E-state index contributed by atoms with van der Waals surface area (Å²) in [5, 5.41) is 10.9. The third-order valence-electron chi connectivity index (χ3n) is 5.60. The Morgan fingerprint density at radius 2 is 1.84 bits per heavy atom. The minimum Gasteiger partial charge on any atom is -0.504 e. The van der Waals surface area contributed by atoms with E-state index in [0.717, 1.165) is 10.6 Å². The molecule has 0 atom stereocenters. The molecule has 1 fully saturated rings. The van der Waals surface area contributed by atoms with Gasteiger partial charge < -0.3 is 5.11 Å². The number of benzene rings is 1. The monoisotopic (exact) mass is 502 g/mol. The Balaban J connectivity index is 2.06. The summed E-state index contributed by atoms with van der Waals surface area (Å²) in [6, 6.07) is 5.65. The number of pyridine rings is 1. The topological polar surface area (TPSA) is 105 Å². The maximum atomic E-state index is 13.6. The molecule has 0 radical (unpaired) electrons. The predicted octanol–water partition coefficient (Wildman–Crippen LogP) is 4.36. The maximum absolute atomic E-state index is 13.6. The van der Waals surface area contributed by atoms with Gasteiger partial charge in [-0.05, 0) is 38.8 Å². The Hall–Kier alpha value is -1.81. The van der Waals surface area contributed by atoms with Gasteiger partial charge in [0.05, 0.1) is 26.7 Å². The Kier molecular flexibility index (Phi) is 5.13. The summed E-state index contributed by atoms with van der Waals surface area (Å²) in [7, 11) is -7.88. The van der Waals surface area contributed by atoms with Crippen LogP contribution in [0.1, 0.15) is 43.5 Å². The fraction of sp³-hybridized carbons (Fsp3) is 0.350. The highest BCUT2D eigenvalue weighted by Gasteiger charge is 2.48. The Labute approximate surface area is 191 Å². The van der Waals surface area contributed by atoms with Crippen LogP contribution in [-0.2, 0) is 24.6 Å². The molecule has 2 aromatic rings. The lowest BCUT2D eigenvalue weighted by Gasteiger charge is -2.33. The molecule has 1 saturated carbocycles. The van der Waals surface area contributed by atoms with Gasteiger partial charge in [0, 0.05) is 23.4 Å². The van der Waals surface area contributed by atoms with E-state index in [2.05, 4.69) is 4.98 Å². The molecule has 0 unspecified atom stereocenters. The number of halogens is 2. The standard InChI is InChI=1S/C20H20Cl2N2O5S2/c1-20(2)13-5-4-10-23-16(13)18(25)19(31(20,28)29)12-8-9-14(21)17(15(12)22)24(11-6-7-11)30(3,26)27/h4-5,8-11,25H,6-7H2,1-3H3. The van der Waals surface area contributed by atoms with Gasteiger partial charge in [-0.15, -0.1) is 0 Å². The lowest BCUT2D eigenvalue weighted by Crippen LogP contribution is -2.35. The Morgan fingerprint density at radius 3 is 2.42 bits per heavy atom. The van der Waals surface area contributed by atoms with E-state index >= 15 is 0 Å². The average Bonchev–Trinajstić information content (AvgIpc) is 3.49. The number of anilines is 1. The predicted molar refractivity (Wildman–Crippen MR) is 122 cm³/mol. The molecular formula is C20H20Cl2N2O5S2. The maximum Gasteiger partial charge on any atom is 0.232 e. The molecule has 2 aliphatic rings. The first-order chi connectivity index (χ1) is 14.3. The summed E-state index contributed by atoms with van der Waals surface area (Å²) < 4.78 is 51.9. The number of hydrogen-bond acceptors (Lipinski definition) is 6. The Morgan fingerprint density at radius 1 is 1.19 bits per heavy atom. The van der Waals surface area contributed by atoms with E-state index < -0.39 is 35.3 Å². The van der Waals surface area contributed by atoms with Gasteiger partial charge >= 0.3 is 0 Å². The van der Waals surface area contributed by atoms with Crippen molar-refractivity contribution in [1.82, 2.24) is 4.98 Å². The van der Waals surface area contributed by atoms with Crippen molar-refractivity contribution in [1.29, 1.82) is 0 Å². The van der Waals surface area contributed by atoms with E-state index in [4.69, 9.17) is 23.2 Å². The third-order valence-corrected chi connectivity index (χ3v) is 10.0. The number of sulfone groups is 1. The zero-order chi connectivity index (χ0) is 22.9. The minimum atomic E-state index is -4.14. The van der Waals surface area contributed by atoms with Crippen molar-refractivity contribution >= 4 is 59.4 Å². The Bertz CT molecular complexity index is 1350. The molecule has 0 saturated heterocycles. The number of aromatic nitrogens is 1. The molecule has 0 spiro atoms. The number of nitrogens with zero attached hydrogens (tertiary/aromatic N) is 2. The van der Waals surface area contributed by atoms with Crippen LogP contribution in [0.3, 0.4) is 0 Å². The van der Waals surface area contributed by atoms with Crippen LogP contribution in [0.4, 0.5) is 5.69 Å². The molecule has 2 heterocycles. The first-order valence-electron chi connectivity index (χ1n) is 9.41. The second-order valence-corrected chi connectivity index (χ2v) is 13.2. The van der Waals surface area contributed by atoms with Crippen LogP contribution in [-0.4, -0.2) is 39.2 Å². The normalized spacial score (nSPS) is 19.8. The molecule has 166 valence electrons. The molecule has 1 aliphatic heterocycles. The van der Waals surface area contributed by atoms with Gasteiger partial charge in [-0.2, -0.15) is 0 Å². The van der Waals surface area contributed by atoms with E-state index in [1.165, 1.54) is 32.2 Å². The van der Waals surface area contributed by atoms with Crippen LogP contribution in [0.5, 0.6) is 0 Å². The van der Waals surface area contributed by atoms with Gasteiger partial charge in [-0.1, -0.05) is 35.3 Å². The van der Waals surface area contributed by atoms with Gasteiger partial charge in [0.25, 0.3) is 0 Å². The molecule has 1 N–H and O–H groups in total. The van der Waals surface area contributed by atoms with Crippen molar-refractivity contribution in [3.8, 4) is 0 Å². The lowest BCUT2D eigenvalue weighted by molar-refractivity contribution is 0.501. The SMILES string of the molecule is CC1(C)c2cccnc2C(O)=C(c2ccc(Cl)c(N(C3CC3)S(C)(=O)=O)c2Cl)S1(=O)=O. The number of aliphatic hydroxyl groups is 1. The highest BCUT2D eigenvalue weighted by molar-refractivity contribution is 8.01. The quantitative estimate of drug-likeness (QED) is 0.665. The fourth-order valence-electron chi connectivity index (χ4n) is 3.83. The van der Waals surface area contributed by atoms with Crippen molar-refractivity contribution in [2.24, 2.45) is 0 Å². The fourth-order valence-corrected chi connectivity index (χ4v) is 7.69. The van der Waals surface area contributed by atoms with E-state index in [1.54, 1.807) is 12.1 Å². The molecule has 7 nitrogen and oxygen atoms in total. The van der Waals surface area contributed by atoms with E-state index in [0.29, 0.717) is 18.4 Å². The second-order valence-electron chi connectivity index (χ2n) is 8.14.